The Labute approximate surface area is 173 Å². The van der Waals surface area contributed by atoms with Crippen LogP contribution >= 0.6 is 11.6 Å². The molecule has 2 N–H and O–H groups in total. The van der Waals surface area contributed by atoms with Gasteiger partial charge in [0, 0.05) is 27.5 Å². The lowest BCUT2D eigenvalue weighted by atomic mass is 10.1. The molecule has 1 amide bonds. The van der Waals surface area contributed by atoms with E-state index in [1.54, 1.807) is 60.7 Å². The van der Waals surface area contributed by atoms with Gasteiger partial charge in [0.2, 0.25) is 0 Å². The number of amidine groups is 1. The highest BCUT2D eigenvalue weighted by molar-refractivity contribution is 7.90. The van der Waals surface area contributed by atoms with Crippen molar-refractivity contribution in [3.05, 3.63) is 88.4 Å². The number of anilines is 2. The summed E-state index contributed by atoms with van der Waals surface area (Å²) in [6.45, 7) is 1.86. The van der Waals surface area contributed by atoms with Crippen LogP contribution < -0.4 is 10.6 Å². The van der Waals surface area contributed by atoms with Crippen molar-refractivity contribution < 1.29 is 13.2 Å². The summed E-state index contributed by atoms with van der Waals surface area (Å²) in [4.78, 5) is 12.7. The van der Waals surface area contributed by atoms with Crippen LogP contribution in [0.5, 0.6) is 0 Å². The number of benzene rings is 3. The summed E-state index contributed by atoms with van der Waals surface area (Å²) in [5.41, 5.74) is 3.15. The highest BCUT2D eigenvalue weighted by Crippen LogP contribution is 2.27. The number of halogens is 1. The van der Waals surface area contributed by atoms with Gasteiger partial charge in [-0.2, -0.15) is 8.42 Å². The topological polar surface area (TPSA) is 87.6 Å². The van der Waals surface area contributed by atoms with Gasteiger partial charge in [0.25, 0.3) is 15.9 Å². The Morgan fingerprint density at radius 1 is 1.00 bits per heavy atom. The summed E-state index contributed by atoms with van der Waals surface area (Å²) in [5.74, 6) is 0.00249. The summed E-state index contributed by atoms with van der Waals surface area (Å²) in [7, 11) is -3.69. The Morgan fingerprint density at radius 3 is 2.45 bits per heavy atom. The molecule has 1 heterocycles. The van der Waals surface area contributed by atoms with Gasteiger partial charge in [-0.25, -0.2) is 0 Å². The summed E-state index contributed by atoms with van der Waals surface area (Å²) in [6.07, 6.45) is 0. The van der Waals surface area contributed by atoms with E-state index in [1.165, 1.54) is 6.07 Å². The van der Waals surface area contributed by atoms with Crippen molar-refractivity contribution in [3.63, 3.8) is 0 Å². The van der Waals surface area contributed by atoms with Crippen LogP contribution in [0.2, 0.25) is 5.02 Å². The second-order valence-electron chi connectivity index (χ2n) is 6.53. The lowest BCUT2D eigenvalue weighted by molar-refractivity contribution is 0.102. The Bertz CT molecular complexity index is 1250. The molecule has 0 aromatic heterocycles. The number of hydrogen-bond donors (Lipinski definition) is 2. The maximum Gasteiger partial charge on any atom is 0.285 e. The molecule has 3 aromatic carbocycles. The summed E-state index contributed by atoms with van der Waals surface area (Å²) < 4.78 is 28.1. The van der Waals surface area contributed by atoms with Gasteiger partial charge in [0.15, 0.2) is 5.84 Å². The molecular formula is C21H16ClN3O3S. The van der Waals surface area contributed by atoms with Gasteiger partial charge in [-0.15, -0.1) is 4.40 Å². The number of amides is 1. The van der Waals surface area contributed by atoms with Gasteiger partial charge in [-0.3, -0.25) is 4.79 Å². The van der Waals surface area contributed by atoms with Gasteiger partial charge >= 0.3 is 0 Å². The molecule has 0 spiro atoms. The number of rotatable bonds is 3. The van der Waals surface area contributed by atoms with E-state index in [0.717, 1.165) is 5.56 Å². The SMILES string of the molecule is Cc1cc(Cl)ccc1NC(=O)c1ccc(NC2=NS(=O)(=O)c3ccccc32)cc1. The number of nitrogens with one attached hydrogen (secondary N) is 2. The van der Waals surface area contributed by atoms with Crippen molar-refractivity contribution >= 4 is 44.7 Å². The van der Waals surface area contributed by atoms with E-state index in [4.69, 9.17) is 11.6 Å². The van der Waals surface area contributed by atoms with Crippen LogP contribution in [-0.2, 0) is 10.0 Å². The van der Waals surface area contributed by atoms with Crippen molar-refractivity contribution in [1.82, 2.24) is 0 Å². The van der Waals surface area contributed by atoms with Crippen molar-refractivity contribution in [2.75, 3.05) is 10.6 Å². The quantitative estimate of drug-likeness (QED) is 0.648. The minimum atomic E-state index is -3.69. The predicted octanol–water partition coefficient (Wildman–Crippen LogP) is 4.46. The van der Waals surface area contributed by atoms with Gasteiger partial charge in [-0.1, -0.05) is 23.7 Å². The van der Waals surface area contributed by atoms with Gasteiger partial charge in [0.05, 0.1) is 0 Å². The van der Waals surface area contributed by atoms with Crippen molar-refractivity contribution in [2.24, 2.45) is 4.40 Å². The minimum Gasteiger partial charge on any atom is -0.339 e. The Balaban J connectivity index is 1.51. The summed E-state index contributed by atoms with van der Waals surface area (Å²) in [5, 5.41) is 6.46. The number of hydrogen-bond acceptors (Lipinski definition) is 4. The highest BCUT2D eigenvalue weighted by Gasteiger charge is 2.28. The monoisotopic (exact) mass is 425 g/mol. The first-order valence-electron chi connectivity index (χ1n) is 8.72. The first kappa shape index (κ1) is 19.2. The molecule has 0 radical (unpaired) electrons. The van der Waals surface area contributed by atoms with Crippen LogP contribution in [0, 0.1) is 6.92 Å². The molecule has 0 bridgehead atoms. The molecule has 0 atom stereocenters. The molecule has 29 heavy (non-hydrogen) atoms. The molecule has 0 saturated carbocycles. The van der Waals surface area contributed by atoms with E-state index in [-0.39, 0.29) is 16.6 Å². The molecular weight excluding hydrogens is 410 g/mol. The van der Waals surface area contributed by atoms with E-state index in [2.05, 4.69) is 15.0 Å². The minimum absolute atomic E-state index is 0.178. The third kappa shape index (κ3) is 3.87. The molecule has 0 saturated heterocycles. The van der Waals surface area contributed by atoms with Gasteiger partial charge < -0.3 is 10.6 Å². The first-order valence-corrected chi connectivity index (χ1v) is 10.5. The van der Waals surface area contributed by atoms with E-state index in [9.17, 15) is 13.2 Å². The molecule has 0 aliphatic carbocycles. The average Bonchev–Trinajstić information content (AvgIpc) is 2.95. The lowest BCUT2D eigenvalue weighted by Crippen LogP contribution is -2.14. The van der Waals surface area contributed by atoms with E-state index < -0.39 is 10.0 Å². The van der Waals surface area contributed by atoms with Crippen molar-refractivity contribution in [1.29, 1.82) is 0 Å². The molecule has 4 rings (SSSR count). The summed E-state index contributed by atoms with van der Waals surface area (Å²) >= 11 is 5.94. The predicted molar refractivity (Wildman–Crippen MR) is 114 cm³/mol. The fourth-order valence-corrected chi connectivity index (χ4v) is 4.40. The van der Waals surface area contributed by atoms with Crippen LogP contribution in [0.4, 0.5) is 11.4 Å². The van der Waals surface area contributed by atoms with Crippen LogP contribution in [0.25, 0.3) is 0 Å². The van der Waals surface area contributed by atoms with Crippen LogP contribution in [0.1, 0.15) is 21.5 Å². The average molecular weight is 426 g/mol. The van der Waals surface area contributed by atoms with Crippen molar-refractivity contribution in [3.8, 4) is 0 Å². The molecule has 0 fully saturated rings. The maximum atomic E-state index is 12.5. The van der Waals surface area contributed by atoms with Crippen LogP contribution in [-0.4, -0.2) is 20.2 Å². The third-order valence-electron chi connectivity index (χ3n) is 4.48. The Hall–Kier alpha value is -3.16. The number of carbonyl (C=O) groups excluding carboxylic acids is 1. The molecule has 3 aromatic rings. The Morgan fingerprint density at radius 2 is 1.72 bits per heavy atom. The smallest absolute Gasteiger partial charge is 0.285 e. The normalized spacial score (nSPS) is 14.1. The number of nitrogens with zero attached hydrogens (tertiary/aromatic N) is 1. The van der Waals surface area contributed by atoms with E-state index in [0.29, 0.717) is 27.5 Å². The standard InChI is InChI=1S/C21H16ClN3O3S/c1-13-12-15(22)8-11-18(13)24-21(26)14-6-9-16(10-7-14)23-20-17-4-2-3-5-19(17)29(27,28)25-20/h2-12H,1H3,(H,23,25)(H,24,26). The van der Waals surface area contributed by atoms with Gasteiger partial charge in [0.1, 0.15) is 4.90 Å². The molecule has 8 heteroatoms. The fraction of sp³-hybridized carbons (Fsp3) is 0.0476. The van der Waals surface area contributed by atoms with Crippen LogP contribution in [0.15, 0.2) is 76.0 Å². The zero-order valence-electron chi connectivity index (χ0n) is 15.3. The lowest BCUT2D eigenvalue weighted by Gasteiger charge is -2.10. The van der Waals surface area contributed by atoms with Gasteiger partial charge in [-0.05, 0) is 67.1 Å². The molecule has 146 valence electrons. The first-order chi connectivity index (χ1) is 13.8. The second-order valence-corrected chi connectivity index (χ2v) is 8.54. The zero-order chi connectivity index (χ0) is 20.6. The molecule has 6 nitrogen and oxygen atoms in total. The van der Waals surface area contributed by atoms with E-state index in [1.807, 2.05) is 6.92 Å². The molecule has 0 unspecified atom stereocenters. The molecule has 1 aliphatic rings. The van der Waals surface area contributed by atoms with Crippen molar-refractivity contribution in [2.45, 2.75) is 11.8 Å². The largest absolute Gasteiger partial charge is 0.339 e. The second kappa shape index (κ2) is 7.35. The number of aryl methyl sites for hydroxylation is 1. The number of carbonyl (C=O) groups is 1. The maximum absolute atomic E-state index is 12.5. The summed E-state index contributed by atoms with van der Waals surface area (Å²) in [6, 6.07) is 18.6. The third-order valence-corrected chi connectivity index (χ3v) is 6.05. The molecule has 1 aliphatic heterocycles. The van der Waals surface area contributed by atoms with Crippen LogP contribution in [0.3, 0.4) is 0 Å². The number of fused-ring (bicyclic) bond motifs is 1. The zero-order valence-corrected chi connectivity index (χ0v) is 16.9. The fourth-order valence-electron chi connectivity index (χ4n) is 3.00. The number of sulfonamides is 1. The van der Waals surface area contributed by atoms with E-state index >= 15 is 0 Å². The Kier molecular flexibility index (Phi) is 4.86. The highest BCUT2D eigenvalue weighted by atomic mass is 35.5.